The van der Waals surface area contributed by atoms with E-state index in [0.29, 0.717) is 18.0 Å². The number of carbonyl (C=O) groups excluding carboxylic acids is 1. The Balaban J connectivity index is 1.75. The molecule has 7 nitrogen and oxygen atoms in total. The van der Waals surface area contributed by atoms with Crippen LogP contribution in [0.2, 0.25) is 0 Å². The zero-order valence-corrected chi connectivity index (χ0v) is 15.7. The van der Waals surface area contributed by atoms with Gasteiger partial charge in [0.15, 0.2) is 0 Å². The van der Waals surface area contributed by atoms with Gasteiger partial charge in [-0.15, -0.1) is 11.3 Å². The van der Waals surface area contributed by atoms with E-state index in [0.717, 1.165) is 9.18 Å². The van der Waals surface area contributed by atoms with Crippen molar-refractivity contribution in [3.05, 3.63) is 46.7 Å². The largest absolute Gasteiger partial charge is 0.488 e. The summed E-state index contributed by atoms with van der Waals surface area (Å²) in [5.74, 6) is 0.555. The minimum Gasteiger partial charge on any atom is -0.488 e. The molecule has 1 aromatic carbocycles. The van der Waals surface area contributed by atoms with Gasteiger partial charge in [-0.05, 0) is 35.7 Å². The van der Waals surface area contributed by atoms with E-state index < -0.39 is 16.1 Å². The lowest BCUT2D eigenvalue weighted by molar-refractivity contribution is 0.252. The fourth-order valence-corrected chi connectivity index (χ4v) is 3.18. The van der Waals surface area contributed by atoms with Crippen LogP contribution in [0.1, 0.15) is 4.88 Å². The van der Waals surface area contributed by atoms with Crippen LogP contribution in [0, 0.1) is 0 Å². The van der Waals surface area contributed by atoms with Gasteiger partial charge in [-0.25, -0.2) is 17.5 Å². The average Bonchev–Trinajstić information content (AvgIpc) is 3.07. The van der Waals surface area contributed by atoms with Crippen molar-refractivity contribution in [1.82, 2.24) is 9.62 Å². The maximum atomic E-state index is 11.8. The molecule has 0 radical (unpaired) electrons. The molecule has 0 aliphatic rings. The van der Waals surface area contributed by atoms with Crippen molar-refractivity contribution in [1.29, 1.82) is 0 Å². The molecule has 0 aliphatic carbocycles. The molecule has 2 rings (SSSR count). The smallest absolute Gasteiger partial charge is 0.319 e. The standard InChI is InChI=1S/C16H21N3O4S2/c1-19(2)25(21,22)11-9-17-16(20)18-13-5-7-14(8-6-13)23-12-15-4-3-10-24-15/h3-8,10H,9,11-12H2,1-2H3,(H2,17,18,20). The number of ether oxygens (including phenoxy) is 1. The molecular formula is C16H21N3O4S2. The van der Waals surface area contributed by atoms with Crippen LogP contribution in [0.25, 0.3) is 0 Å². The van der Waals surface area contributed by atoms with E-state index in [-0.39, 0.29) is 12.3 Å². The predicted octanol–water partition coefficient (Wildman–Crippen LogP) is 2.34. The Hall–Kier alpha value is -2.10. The fraction of sp³-hybridized carbons (Fsp3) is 0.312. The summed E-state index contributed by atoms with van der Waals surface area (Å²) in [6.45, 7) is 0.541. The number of hydrogen-bond acceptors (Lipinski definition) is 5. The molecule has 0 unspecified atom stereocenters. The molecule has 0 saturated heterocycles. The van der Waals surface area contributed by atoms with Gasteiger partial charge in [0.25, 0.3) is 0 Å². The second kappa shape index (κ2) is 8.84. The van der Waals surface area contributed by atoms with Gasteiger partial charge in [0, 0.05) is 31.2 Å². The quantitative estimate of drug-likeness (QED) is 0.732. The van der Waals surface area contributed by atoms with E-state index in [1.165, 1.54) is 14.1 Å². The van der Waals surface area contributed by atoms with Gasteiger partial charge in [-0.2, -0.15) is 0 Å². The number of thiophene rings is 1. The summed E-state index contributed by atoms with van der Waals surface area (Å²) in [7, 11) is -0.411. The van der Waals surface area contributed by atoms with Gasteiger partial charge in [0.05, 0.1) is 5.75 Å². The first-order valence-corrected chi connectivity index (χ1v) is 10.1. The van der Waals surface area contributed by atoms with Crippen molar-refractivity contribution in [3.63, 3.8) is 0 Å². The number of hydrogen-bond donors (Lipinski definition) is 2. The molecule has 0 saturated carbocycles. The second-order valence-corrected chi connectivity index (χ2v) is 8.71. The van der Waals surface area contributed by atoms with Gasteiger partial charge in [-0.3, -0.25) is 0 Å². The molecule has 0 bridgehead atoms. The number of nitrogens with zero attached hydrogens (tertiary/aromatic N) is 1. The van der Waals surface area contributed by atoms with Crippen LogP contribution in [0.5, 0.6) is 5.75 Å². The number of anilines is 1. The molecule has 1 heterocycles. The Morgan fingerprint density at radius 2 is 1.92 bits per heavy atom. The summed E-state index contributed by atoms with van der Waals surface area (Å²) in [4.78, 5) is 12.9. The topological polar surface area (TPSA) is 87.7 Å². The van der Waals surface area contributed by atoms with Crippen LogP contribution in [-0.2, 0) is 16.6 Å². The molecular weight excluding hydrogens is 362 g/mol. The first-order valence-electron chi connectivity index (χ1n) is 7.57. The highest BCUT2D eigenvalue weighted by Gasteiger charge is 2.13. The lowest BCUT2D eigenvalue weighted by atomic mass is 10.3. The highest BCUT2D eigenvalue weighted by Crippen LogP contribution is 2.18. The minimum atomic E-state index is -3.32. The van der Waals surface area contributed by atoms with Gasteiger partial charge < -0.3 is 15.4 Å². The van der Waals surface area contributed by atoms with Gasteiger partial charge in [-0.1, -0.05) is 6.07 Å². The lowest BCUT2D eigenvalue weighted by Gasteiger charge is -2.12. The monoisotopic (exact) mass is 383 g/mol. The zero-order valence-electron chi connectivity index (χ0n) is 14.1. The Morgan fingerprint density at radius 1 is 1.20 bits per heavy atom. The van der Waals surface area contributed by atoms with E-state index in [2.05, 4.69) is 10.6 Å². The lowest BCUT2D eigenvalue weighted by Crippen LogP contribution is -2.36. The third kappa shape index (κ3) is 6.37. The van der Waals surface area contributed by atoms with Crippen LogP contribution < -0.4 is 15.4 Å². The summed E-state index contributed by atoms with van der Waals surface area (Å²) < 4.78 is 30.0. The summed E-state index contributed by atoms with van der Waals surface area (Å²) in [6.07, 6.45) is 0. The van der Waals surface area contributed by atoms with Crippen LogP contribution in [0.15, 0.2) is 41.8 Å². The number of rotatable bonds is 8. The highest BCUT2D eigenvalue weighted by molar-refractivity contribution is 7.89. The predicted molar refractivity (Wildman–Crippen MR) is 99.6 cm³/mol. The molecule has 1 aromatic heterocycles. The number of benzene rings is 1. The van der Waals surface area contributed by atoms with Crippen molar-refractivity contribution in [2.75, 3.05) is 31.7 Å². The van der Waals surface area contributed by atoms with Crippen molar-refractivity contribution < 1.29 is 17.9 Å². The SMILES string of the molecule is CN(C)S(=O)(=O)CCNC(=O)Nc1ccc(OCc2cccs2)cc1. The molecule has 2 aromatic rings. The molecule has 136 valence electrons. The summed E-state index contributed by atoms with van der Waals surface area (Å²) in [5, 5.41) is 7.15. The van der Waals surface area contributed by atoms with Gasteiger partial charge >= 0.3 is 6.03 Å². The molecule has 0 atom stereocenters. The maximum absolute atomic E-state index is 11.8. The molecule has 0 aliphatic heterocycles. The summed E-state index contributed by atoms with van der Waals surface area (Å²) >= 11 is 1.63. The Morgan fingerprint density at radius 3 is 2.52 bits per heavy atom. The molecule has 2 N–H and O–H groups in total. The van der Waals surface area contributed by atoms with Gasteiger partial charge in [0.1, 0.15) is 12.4 Å². The van der Waals surface area contributed by atoms with E-state index in [9.17, 15) is 13.2 Å². The fourth-order valence-electron chi connectivity index (χ4n) is 1.84. The minimum absolute atomic E-state index is 0.0361. The van der Waals surface area contributed by atoms with Crippen LogP contribution in [0.3, 0.4) is 0 Å². The van der Waals surface area contributed by atoms with Crippen LogP contribution in [-0.4, -0.2) is 45.1 Å². The summed E-state index contributed by atoms with van der Waals surface area (Å²) in [6, 6.07) is 10.5. The number of sulfonamides is 1. The first kappa shape index (κ1) is 19.2. The number of nitrogens with one attached hydrogen (secondary N) is 2. The van der Waals surface area contributed by atoms with Crippen LogP contribution >= 0.6 is 11.3 Å². The number of amides is 2. The Labute approximate surface area is 151 Å². The normalized spacial score (nSPS) is 11.3. The van der Waals surface area contributed by atoms with Gasteiger partial charge in [0.2, 0.25) is 10.0 Å². The molecule has 0 spiro atoms. The second-order valence-electron chi connectivity index (χ2n) is 5.37. The zero-order chi connectivity index (χ0) is 18.3. The highest BCUT2D eigenvalue weighted by atomic mass is 32.2. The van der Waals surface area contributed by atoms with E-state index >= 15 is 0 Å². The van der Waals surface area contributed by atoms with E-state index in [1.807, 2.05) is 17.5 Å². The maximum Gasteiger partial charge on any atom is 0.319 e. The van der Waals surface area contributed by atoms with Crippen molar-refractivity contribution >= 4 is 33.1 Å². The van der Waals surface area contributed by atoms with E-state index in [4.69, 9.17) is 4.74 Å². The molecule has 25 heavy (non-hydrogen) atoms. The molecule has 0 fully saturated rings. The third-order valence-corrected chi connectivity index (χ3v) is 5.96. The third-order valence-electron chi connectivity index (χ3n) is 3.28. The van der Waals surface area contributed by atoms with E-state index in [1.54, 1.807) is 35.6 Å². The average molecular weight is 383 g/mol. The molecule has 2 amide bonds. The Kier molecular flexibility index (Phi) is 6.80. The summed E-state index contributed by atoms with van der Waals surface area (Å²) in [5.41, 5.74) is 0.594. The first-order chi connectivity index (χ1) is 11.9. The Bertz CT molecular complexity index is 772. The van der Waals surface area contributed by atoms with Crippen molar-refractivity contribution in [2.24, 2.45) is 0 Å². The number of carbonyl (C=O) groups is 1. The van der Waals surface area contributed by atoms with Crippen LogP contribution in [0.4, 0.5) is 10.5 Å². The van der Waals surface area contributed by atoms with Crippen molar-refractivity contribution in [3.8, 4) is 5.75 Å². The molecule has 9 heteroatoms. The van der Waals surface area contributed by atoms with Crippen molar-refractivity contribution in [2.45, 2.75) is 6.61 Å². The number of urea groups is 1.